The molecule has 0 aromatic heterocycles. The molecule has 14 nitrogen and oxygen atoms in total. The van der Waals surface area contributed by atoms with Crippen LogP contribution in [-0.4, -0.2) is 67.0 Å². The number of phosphoric acid groups is 3. The van der Waals surface area contributed by atoms with Crippen LogP contribution in [0.4, 0.5) is 0 Å². The molecule has 138 valence electrons. The minimum atomic E-state index is -4.64. The van der Waals surface area contributed by atoms with E-state index < -0.39 is 29.6 Å². The van der Waals surface area contributed by atoms with Crippen molar-refractivity contribution < 1.29 is 223 Å². The Hall–Kier alpha value is 5.25. The molecule has 11 N–H and O–H groups in total. The van der Waals surface area contributed by atoms with Gasteiger partial charge in [-0.3, -0.25) is 0 Å². The van der Waals surface area contributed by atoms with Gasteiger partial charge in [0.05, 0.1) is 12.7 Å². The predicted molar refractivity (Wildman–Crippen MR) is 67.1 cm³/mol. The first-order valence-electron chi connectivity index (χ1n) is 3.91. The summed E-state index contributed by atoms with van der Waals surface area (Å²) >= 11 is 0. The molecule has 0 heterocycles. The van der Waals surface area contributed by atoms with E-state index in [-0.39, 0.29) is 162 Å². The monoisotopic (exact) mass is 490 g/mol. The minimum absolute atomic E-state index is 0. The smallest absolute Gasteiger partial charge is 1.00 e. The minimum Gasteiger partial charge on any atom is -1.00 e. The molecule has 0 rings (SSSR count). The van der Waals surface area contributed by atoms with Crippen LogP contribution in [-0.2, 0) is 13.7 Å². The molecule has 0 saturated heterocycles. The molecule has 0 radical (unpaired) electrons. The van der Waals surface area contributed by atoms with Crippen molar-refractivity contribution in [1.29, 1.82) is 0 Å². The molecular weight excluding hydrogens is 468 g/mol. The third kappa shape index (κ3) is 413. The van der Waals surface area contributed by atoms with E-state index in [0.717, 1.165) is 0 Å². The summed E-state index contributed by atoms with van der Waals surface area (Å²) in [7, 11) is -13.9. The fourth-order valence-electron chi connectivity index (χ4n) is 0. The number of aliphatic hydroxyl groups is 2. The van der Waals surface area contributed by atoms with Crippen LogP contribution in [0.15, 0.2) is 0 Å². The summed E-state index contributed by atoms with van der Waals surface area (Å²) in [6, 6.07) is 0. The van der Waals surface area contributed by atoms with Gasteiger partial charge in [-0.25, -0.2) is 13.7 Å². The first-order chi connectivity index (χ1) is 8.27. The molecule has 0 amide bonds. The topological polar surface area (TPSA) is 274 Å². The molecule has 0 aliphatic rings. The number of hydrogen-bond donors (Lipinski definition) is 11. The second-order valence-corrected chi connectivity index (χ2v) is 5.65. The van der Waals surface area contributed by atoms with Crippen LogP contribution in [0.2, 0.25) is 0 Å². The van der Waals surface area contributed by atoms with Gasteiger partial charge in [-0.1, -0.05) is 0 Å². The first kappa shape index (κ1) is 57.3. The fourth-order valence-corrected chi connectivity index (χ4v) is 0. The van der Waals surface area contributed by atoms with E-state index in [2.05, 4.69) is 0 Å². The normalized spacial score (nSPS) is 10.1. The maximum atomic E-state index is 8.88. The van der Waals surface area contributed by atoms with Crippen LogP contribution in [0.5, 0.6) is 0 Å². The predicted octanol–water partition coefficient (Wildman–Crippen LogP) is -17.8. The summed E-state index contributed by atoms with van der Waals surface area (Å²) < 4.78 is 26.6. The van der Waals surface area contributed by atoms with Crippen LogP contribution in [0.3, 0.4) is 0 Å². The van der Waals surface area contributed by atoms with Crippen LogP contribution >= 0.6 is 23.5 Å². The van der Waals surface area contributed by atoms with Gasteiger partial charge in [0.1, 0.15) is 0 Å². The van der Waals surface area contributed by atoms with Gasteiger partial charge in [-0.2, -0.15) is 0 Å². The Balaban J connectivity index is -0.00000000853. The molecule has 22 heteroatoms. The van der Waals surface area contributed by atoms with E-state index >= 15 is 0 Å². The Kier molecular flexibility index (Phi) is 72.1. The van der Waals surface area contributed by atoms with Gasteiger partial charge < -0.3 is 61.4 Å². The van der Waals surface area contributed by atoms with Crippen molar-refractivity contribution in [2.24, 2.45) is 0 Å². The molecule has 0 spiro atoms. The number of hydrogen-bond acceptors (Lipinski definition) is 5. The van der Waals surface area contributed by atoms with Gasteiger partial charge in [0.2, 0.25) is 0 Å². The molecule has 1 atom stereocenters. The molecule has 0 saturated carbocycles. The van der Waals surface area contributed by atoms with Crippen LogP contribution in [0.1, 0.15) is 14.1 Å². The van der Waals surface area contributed by atoms with Gasteiger partial charge in [-0.05, 0) is 6.92 Å². The average Bonchev–Trinajstić information content (AvgIpc) is 1.93. The average molecular weight is 490 g/mol. The maximum absolute atomic E-state index is 8.88. The Bertz CT molecular complexity index is 297. The van der Waals surface area contributed by atoms with E-state index in [0.29, 0.717) is 0 Å². The van der Waals surface area contributed by atoms with Crippen molar-refractivity contribution in [3.8, 4) is 0 Å². The Morgan fingerprint density at radius 1 is 0.640 bits per heavy atom. The van der Waals surface area contributed by atoms with E-state index in [1.807, 2.05) is 0 Å². The van der Waals surface area contributed by atoms with Gasteiger partial charge in [0, 0.05) is 0 Å². The van der Waals surface area contributed by atoms with Gasteiger partial charge >= 0.3 is 171 Å². The van der Waals surface area contributed by atoms with Gasteiger partial charge in [-0.15, -0.1) is 0 Å². The first-order valence-corrected chi connectivity index (χ1v) is 8.60. The van der Waals surface area contributed by atoms with Crippen LogP contribution in [0.25, 0.3) is 0 Å². The van der Waals surface area contributed by atoms with E-state index in [4.69, 9.17) is 67.9 Å². The zero-order valence-electron chi connectivity index (χ0n) is 19.8. The second kappa shape index (κ2) is 31.4. The quantitative estimate of drug-likeness (QED) is 0.120. The van der Waals surface area contributed by atoms with Crippen molar-refractivity contribution in [3.05, 3.63) is 0 Å². The van der Waals surface area contributed by atoms with Crippen molar-refractivity contribution in [1.82, 2.24) is 0 Å². The molecule has 0 aromatic carbocycles. The summed E-state index contributed by atoms with van der Waals surface area (Å²) in [5, 5.41) is 16.0. The Morgan fingerprint density at radius 2 is 0.680 bits per heavy atom. The maximum Gasteiger partial charge on any atom is 1.00 e. The summed E-state index contributed by atoms with van der Waals surface area (Å²) in [5.74, 6) is 0. The third-order valence-electron chi connectivity index (χ3n) is 0.264. The third-order valence-corrected chi connectivity index (χ3v) is 0.264. The summed E-state index contributed by atoms with van der Waals surface area (Å²) in [5.41, 5.74) is 0. The molecule has 0 aliphatic heterocycles. The van der Waals surface area contributed by atoms with Gasteiger partial charge in [0.25, 0.3) is 0 Å². The molecule has 0 bridgehead atoms. The van der Waals surface area contributed by atoms with Crippen LogP contribution < -0.4 is 148 Å². The molecule has 0 fully saturated rings. The summed E-state index contributed by atoms with van der Waals surface area (Å²) in [6.45, 7) is 1.39. The van der Waals surface area contributed by atoms with Crippen LogP contribution in [0, 0.1) is 0 Å². The van der Waals surface area contributed by atoms with E-state index in [1.54, 1.807) is 0 Å². The van der Waals surface area contributed by atoms with E-state index in [1.165, 1.54) is 6.92 Å². The largest absolute Gasteiger partial charge is 1.00 e. The number of aliphatic hydroxyl groups excluding tert-OH is 2. The molecular formula is C3H22Na5O14P3. The van der Waals surface area contributed by atoms with Crippen molar-refractivity contribution in [2.75, 3.05) is 6.61 Å². The SMILES string of the molecule is CC(O)CO.O=P(O)(O)O.O=P(O)(O)O.O=P(O)(O)O.[H-].[H-].[H-].[H-].[H-].[Na+].[Na+].[Na+].[Na+].[Na+]. The molecule has 1 unspecified atom stereocenters. The summed E-state index contributed by atoms with van der Waals surface area (Å²) in [6.07, 6.45) is -0.560. The number of rotatable bonds is 1. The Labute approximate surface area is 261 Å². The standard InChI is InChI=1S/C3H8O2.5Na.3H3O4P.5H/c1-3(5)2-4;;;;;;3*1-5(2,3)4;;;;;/h3-5H,2H2,1H3;;;;;;3*(H3,1,2,3,4);;;;;/q;5*+1;;;;5*-1. The molecule has 0 aromatic rings. The molecule has 0 aliphatic carbocycles. The van der Waals surface area contributed by atoms with Gasteiger partial charge in [0.15, 0.2) is 0 Å². The molecule has 25 heavy (non-hydrogen) atoms. The van der Waals surface area contributed by atoms with Crippen molar-refractivity contribution in [2.45, 2.75) is 13.0 Å². The van der Waals surface area contributed by atoms with E-state index in [9.17, 15) is 0 Å². The van der Waals surface area contributed by atoms with Crippen molar-refractivity contribution >= 4 is 23.5 Å². The zero-order chi connectivity index (χ0) is 17.8. The Morgan fingerprint density at radius 3 is 0.680 bits per heavy atom. The zero-order valence-corrected chi connectivity index (χ0v) is 27.5. The fraction of sp³-hybridized carbons (Fsp3) is 1.00. The second-order valence-electron chi connectivity index (χ2n) is 2.57. The van der Waals surface area contributed by atoms with Crippen molar-refractivity contribution in [3.63, 3.8) is 0 Å². The summed E-state index contributed by atoms with van der Waals surface area (Å²) in [4.78, 5) is 64.7.